The van der Waals surface area contributed by atoms with Gasteiger partial charge in [-0.25, -0.2) is 4.85 Å². The van der Waals surface area contributed by atoms with Gasteiger partial charge in [0.2, 0.25) is 0 Å². The van der Waals surface area contributed by atoms with Crippen LogP contribution in [-0.2, 0) is 24.9 Å². The van der Waals surface area contributed by atoms with Gasteiger partial charge in [0.1, 0.15) is 0 Å². The van der Waals surface area contributed by atoms with Crippen molar-refractivity contribution in [2.75, 3.05) is 0 Å². The molecule has 3 aromatic carbocycles. The van der Waals surface area contributed by atoms with E-state index in [1.54, 1.807) is 11.3 Å². The first-order chi connectivity index (χ1) is 23.4. The number of aryl methyl sites for hydroxylation is 4. The number of ketones is 1. The quantitative estimate of drug-likeness (QED) is 0.0864. The normalized spacial score (nSPS) is 11.6. The van der Waals surface area contributed by atoms with Gasteiger partial charge in [-0.2, -0.15) is 0 Å². The average molecular weight is 864 g/mol. The number of pyridine rings is 1. The number of rotatable bonds is 10. The van der Waals surface area contributed by atoms with Gasteiger partial charge in [0, 0.05) is 59.5 Å². The van der Waals surface area contributed by atoms with Crippen LogP contribution in [0.25, 0.3) is 47.4 Å². The number of aliphatic hydroxyl groups excluding tert-OH is 1. The van der Waals surface area contributed by atoms with Crippen molar-refractivity contribution in [1.82, 2.24) is 4.98 Å². The SMILES string of the molecule is CCC(CC)C(=O)/C=C(\O)C(CC)CC.[C-]#[N+]c1ccc(-c2sc3c(-c4[c-]c5cc(C)c(C)cc5c(C(C)C)c4)nccc3c2C)c(C)c1.[Ir]. The number of hydrogen-bond acceptors (Lipinski definition) is 4. The van der Waals surface area contributed by atoms with E-state index in [9.17, 15) is 9.90 Å². The van der Waals surface area contributed by atoms with E-state index in [0.29, 0.717) is 11.6 Å². The van der Waals surface area contributed by atoms with Crippen molar-refractivity contribution in [3.63, 3.8) is 0 Å². The standard InChI is InChI=1S/C31H27N2S.C13H24O2.Ir/c1-17(2)27-16-23(15-22-12-18(3)19(4)14-28(22)27)29-31-26(10-11-33-29)21(6)30(34-31)25-9-8-24(32-7)13-20(25)5;1-5-10(6-2)12(14)9-13(15)11(7-3)8-4;/h8-14,16-17H,1-6H3;9-11,14H,5-8H2,1-4H3;/q-1;;/b;12-9-;. The summed E-state index contributed by atoms with van der Waals surface area (Å²) in [7, 11) is 0. The van der Waals surface area contributed by atoms with Crippen molar-refractivity contribution in [3.8, 4) is 21.7 Å². The molecule has 0 aliphatic heterocycles. The number of benzene rings is 3. The third-order valence-electron chi connectivity index (χ3n) is 9.91. The molecule has 0 spiro atoms. The number of carbonyl (C=O) groups excluding carboxylic acids is 1. The van der Waals surface area contributed by atoms with Crippen LogP contribution in [0.5, 0.6) is 0 Å². The number of thiophene rings is 1. The molecular formula is C44H51IrN2O2S-. The van der Waals surface area contributed by atoms with Crippen LogP contribution in [0.3, 0.4) is 0 Å². The number of allylic oxidation sites excluding steroid dienone is 2. The van der Waals surface area contributed by atoms with E-state index in [0.717, 1.165) is 47.9 Å². The smallest absolute Gasteiger partial charge is 0.187 e. The third kappa shape index (κ3) is 8.81. The molecule has 0 unspecified atom stereocenters. The molecule has 6 heteroatoms. The van der Waals surface area contributed by atoms with Crippen molar-refractivity contribution in [3.05, 3.63) is 106 Å². The molecule has 0 aliphatic rings. The Kier molecular flexibility index (Phi) is 14.7. The van der Waals surface area contributed by atoms with E-state index in [1.807, 2.05) is 46.0 Å². The van der Waals surface area contributed by atoms with E-state index in [1.165, 1.54) is 54.2 Å². The second-order valence-electron chi connectivity index (χ2n) is 13.5. The largest absolute Gasteiger partial charge is 0.512 e. The molecule has 0 bridgehead atoms. The summed E-state index contributed by atoms with van der Waals surface area (Å²) in [6.07, 6.45) is 6.83. The Labute approximate surface area is 317 Å². The summed E-state index contributed by atoms with van der Waals surface area (Å²) < 4.78 is 1.19. The number of aliphatic hydroxyl groups is 1. The zero-order valence-corrected chi connectivity index (χ0v) is 34.5. The van der Waals surface area contributed by atoms with Gasteiger partial charge < -0.3 is 5.11 Å². The number of nitrogens with zero attached hydrogens (tertiary/aromatic N) is 2. The number of fused-ring (bicyclic) bond motifs is 2. The molecule has 2 heterocycles. The fraction of sp³-hybridized carbons (Fsp3) is 0.386. The van der Waals surface area contributed by atoms with E-state index in [2.05, 4.69) is 82.8 Å². The van der Waals surface area contributed by atoms with Crippen molar-refractivity contribution in [2.24, 2.45) is 11.8 Å². The fourth-order valence-corrected chi connectivity index (χ4v) is 7.92. The molecule has 2 aromatic heterocycles. The number of aromatic nitrogens is 1. The molecule has 0 saturated carbocycles. The molecular weight excluding hydrogens is 813 g/mol. The van der Waals surface area contributed by atoms with Gasteiger partial charge in [-0.05, 0) is 81.9 Å². The van der Waals surface area contributed by atoms with Crippen LogP contribution < -0.4 is 0 Å². The van der Waals surface area contributed by atoms with Crippen molar-refractivity contribution < 1.29 is 30.0 Å². The van der Waals surface area contributed by atoms with Gasteiger partial charge in [0.15, 0.2) is 11.5 Å². The van der Waals surface area contributed by atoms with Crippen molar-refractivity contribution >= 4 is 43.7 Å². The van der Waals surface area contributed by atoms with E-state index < -0.39 is 0 Å². The minimum Gasteiger partial charge on any atom is -0.512 e. The van der Waals surface area contributed by atoms with Gasteiger partial charge in [0.25, 0.3) is 0 Å². The number of hydrogen-bond donors (Lipinski definition) is 1. The maximum absolute atomic E-state index is 11.7. The summed E-state index contributed by atoms with van der Waals surface area (Å²) >= 11 is 1.79. The average Bonchev–Trinajstić information content (AvgIpc) is 3.42. The maximum atomic E-state index is 11.7. The predicted octanol–water partition coefficient (Wildman–Crippen LogP) is 13.4. The second-order valence-corrected chi connectivity index (χ2v) is 14.5. The second kappa shape index (κ2) is 18.0. The maximum Gasteiger partial charge on any atom is 0.187 e. The minimum atomic E-state index is 0. The zero-order chi connectivity index (χ0) is 36.0. The van der Waals surface area contributed by atoms with Crippen molar-refractivity contribution in [1.29, 1.82) is 0 Å². The van der Waals surface area contributed by atoms with Crippen LogP contribution in [0.1, 0.15) is 101 Å². The molecule has 0 aliphatic carbocycles. The van der Waals surface area contributed by atoms with Crippen LogP contribution in [0.4, 0.5) is 5.69 Å². The fourth-order valence-electron chi connectivity index (χ4n) is 6.53. The molecule has 265 valence electrons. The van der Waals surface area contributed by atoms with Gasteiger partial charge in [-0.1, -0.05) is 93.4 Å². The summed E-state index contributed by atoms with van der Waals surface area (Å²) in [6.45, 7) is 28.5. The van der Waals surface area contributed by atoms with Gasteiger partial charge >= 0.3 is 0 Å². The summed E-state index contributed by atoms with van der Waals surface area (Å²) in [5.41, 5.74) is 10.2. The molecule has 4 nitrogen and oxygen atoms in total. The van der Waals surface area contributed by atoms with Gasteiger partial charge in [0.05, 0.1) is 12.3 Å². The molecule has 1 N–H and O–H groups in total. The monoisotopic (exact) mass is 864 g/mol. The third-order valence-corrected chi connectivity index (χ3v) is 11.3. The summed E-state index contributed by atoms with van der Waals surface area (Å²) in [6, 6.07) is 18.6. The summed E-state index contributed by atoms with van der Waals surface area (Å²) in [4.78, 5) is 21.4. The molecule has 5 rings (SSSR count). The Morgan fingerprint density at radius 2 is 1.54 bits per heavy atom. The Bertz CT molecular complexity index is 2040. The molecule has 5 aromatic rings. The first-order valence-electron chi connectivity index (χ1n) is 17.7. The van der Waals surface area contributed by atoms with Gasteiger partial charge in [-0.15, -0.1) is 40.5 Å². The topological polar surface area (TPSA) is 54.5 Å². The predicted molar refractivity (Wildman–Crippen MR) is 210 cm³/mol. The van der Waals surface area contributed by atoms with E-state index in [-0.39, 0.29) is 43.5 Å². The van der Waals surface area contributed by atoms with Gasteiger partial charge in [-0.3, -0.25) is 9.78 Å². The Morgan fingerprint density at radius 1 is 0.900 bits per heavy atom. The van der Waals surface area contributed by atoms with Crippen LogP contribution in [0.2, 0.25) is 0 Å². The van der Waals surface area contributed by atoms with E-state index >= 15 is 0 Å². The minimum absolute atomic E-state index is 0. The van der Waals surface area contributed by atoms with Crippen LogP contribution in [0, 0.1) is 52.2 Å². The molecule has 0 amide bonds. The summed E-state index contributed by atoms with van der Waals surface area (Å²) in [5.74, 6) is 0.951. The van der Waals surface area contributed by atoms with E-state index in [4.69, 9.17) is 11.6 Å². The Hall–Kier alpha value is -3.62. The molecule has 0 saturated heterocycles. The Balaban J connectivity index is 0.000000361. The molecule has 0 fully saturated rings. The zero-order valence-electron chi connectivity index (χ0n) is 31.2. The van der Waals surface area contributed by atoms with Crippen LogP contribution >= 0.6 is 11.3 Å². The molecule has 0 atom stereocenters. The first-order valence-corrected chi connectivity index (χ1v) is 18.5. The molecule has 1 radical (unpaired) electrons. The first kappa shape index (κ1) is 40.8. The Morgan fingerprint density at radius 3 is 2.12 bits per heavy atom. The molecule has 50 heavy (non-hydrogen) atoms. The summed E-state index contributed by atoms with van der Waals surface area (Å²) in [5, 5.41) is 13.4. The van der Waals surface area contributed by atoms with Crippen molar-refractivity contribution in [2.45, 2.75) is 101 Å². The number of carbonyl (C=O) groups is 1. The van der Waals surface area contributed by atoms with Crippen LogP contribution in [-0.4, -0.2) is 15.9 Å². The van der Waals surface area contributed by atoms with Crippen LogP contribution in [0.15, 0.2) is 60.5 Å².